The lowest BCUT2D eigenvalue weighted by Gasteiger charge is -2.36. The molecule has 0 saturated heterocycles. The van der Waals surface area contributed by atoms with Crippen molar-refractivity contribution in [3.05, 3.63) is 39.9 Å². The van der Waals surface area contributed by atoms with E-state index in [-0.39, 0.29) is 12.5 Å². The first-order chi connectivity index (χ1) is 10.1. The maximum absolute atomic E-state index is 12.1. The van der Waals surface area contributed by atoms with Crippen LogP contribution in [0.2, 0.25) is 10.0 Å². The summed E-state index contributed by atoms with van der Waals surface area (Å²) in [5.41, 5.74) is 0.221. The predicted molar refractivity (Wildman–Crippen MR) is 86.5 cm³/mol. The molecule has 1 aliphatic carbocycles. The molecule has 0 aliphatic heterocycles. The van der Waals surface area contributed by atoms with Gasteiger partial charge in [0.15, 0.2) is 0 Å². The zero-order valence-corrected chi connectivity index (χ0v) is 13.3. The third-order valence-electron chi connectivity index (χ3n) is 3.90. The molecule has 0 spiro atoms. The molecule has 1 aromatic rings. The minimum Gasteiger partial charge on any atom is -0.394 e. The number of hydrogen-bond acceptors (Lipinski definition) is 2. The van der Waals surface area contributed by atoms with Crippen LogP contribution in [0.5, 0.6) is 0 Å². The second kappa shape index (κ2) is 7.30. The molecule has 2 rings (SSSR count). The summed E-state index contributed by atoms with van der Waals surface area (Å²) in [7, 11) is 0. The molecule has 3 nitrogen and oxygen atoms in total. The number of nitrogens with one attached hydrogen (secondary N) is 1. The van der Waals surface area contributed by atoms with Gasteiger partial charge < -0.3 is 10.4 Å². The van der Waals surface area contributed by atoms with Crippen molar-refractivity contribution >= 4 is 35.2 Å². The standard InChI is InChI=1S/C16H19Cl2NO2/c17-13-6-4-5-12(15(13)18)7-8-14(21)19-16(11-20)9-2-1-3-10-16/h4-8,20H,1-3,9-11H2,(H,19,21). The van der Waals surface area contributed by atoms with Crippen molar-refractivity contribution in [2.75, 3.05) is 6.61 Å². The fraction of sp³-hybridized carbons (Fsp3) is 0.438. The number of carbonyl (C=O) groups is 1. The van der Waals surface area contributed by atoms with Gasteiger partial charge in [-0.3, -0.25) is 4.79 Å². The summed E-state index contributed by atoms with van der Waals surface area (Å²) in [6.07, 6.45) is 7.93. The number of aliphatic hydroxyl groups is 1. The Bertz CT molecular complexity index is 537. The topological polar surface area (TPSA) is 49.3 Å². The maximum Gasteiger partial charge on any atom is 0.244 e. The van der Waals surface area contributed by atoms with E-state index in [0.717, 1.165) is 32.1 Å². The van der Waals surface area contributed by atoms with E-state index in [9.17, 15) is 9.90 Å². The lowest BCUT2D eigenvalue weighted by molar-refractivity contribution is -0.119. The van der Waals surface area contributed by atoms with E-state index < -0.39 is 5.54 Å². The molecule has 2 N–H and O–H groups in total. The van der Waals surface area contributed by atoms with Gasteiger partial charge in [-0.05, 0) is 30.5 Å². The Morgan fingerprint density at radius 3 is 2.67 bits per heavy atom. The molecule has 0 aromatic heterocycles. The normalized spacial score (nSPS) is 17.9. The molecule has 5 heteroatoms. The Hall–Kier alpha value is -1.03. The van der Waals surface area contributed by atoms with Crippen molar-refractivity contribution in [3.8, 4) is 0 Å². The summed E-state index contributed by atoms with van der Waals surface area (Å²) in [6, 6.07) is 5.27. The van der Waals surface area contributed by atoms with Crippen LogP contribution in [0.15, 0.2) is 24.3 Å². The SMILES string of the molecule is O=C(C=Cc1cccc(Cl)c1Cl)NC1(CO)CCCCC1. The highest BCUT2D eigenvalue weighted by Gasteiger charge is 2.32. The average Bonchev–Trinajstić information content (AvgIpc) is 2.50. The van der Waals surface area contributed by atoms with Gasteiger partial charge in [-0.15, -0.1) is 0 Å². The fourth-order valence-electron chi connectivity index (χ4n) is 2.67. The number of hydrogen-bond donors (Lipinski definition) is 2. The van der Waals surface area contributed by atoms with Gasteiger partial charge in [-0.2, -0.15) is 0 Å². The monoisotopic (exact) mass is 327 g/mol. The molecule has 0 atom stereocenters. The number of halogens is 2. The van der Waals surface area contributed by atoms with Gasteiger partial charge in [0.1, 0.15) is 0 Å². The van der Waals surface area contributed by atoms with E-state index in [2.05, 4.69) is 5.32 Å². The molecule has 1 aliphatic rings. The van der Waals surface area contributed by atoms with Gasteiger partial charge in [0.05, 0.1) is 22.2 Å². The average molecular weight is 328 g/mol. The number of benzene rings is 1. The molecule has 0 bridgehead atoms. The second-order valence-corrected chi connectivity index (χ2v) is 6.25. The first-order valence-electron chi connectivity index (χ1n) is 7.11. The van der Waals surface area contributed by atoms with Crippen molar-refractivity contribution in [3.63, 3.8) is 0 Å². The van der Waals surface area contributed by atoms with Crippen molar-refractivity contribution in [2.45, 2.75) is 37.6 Å². The minimum atomic E-state index is -0.474. The predicted octanol–water partition coefficient (Wildman–Crippen LogP) is 3.82. The minimum absolute atomic E-state index is 0.0233. The van der Waals surface area contributed by atoms with Gasteiger partial charge in [-0.1, -0.05) is 54.6 Å². The van der Waals surface area contributed by atoms with Crippen LogP contribution in [-0.2, 0) is 4.79 Å². The zero-order valence-electron chi connectivity index (χ0n) is 11.7. The maximum atomic E-state index is 12.1. The van der Waals surface area contributed by atoms with E-state index in [4.69, 9.17) is 23.2 Å². The van der Waals surface area contributed by atoms with Gasteiger partial charge in [0, 0.05) is 6.08 Å². The molecule has 0 radical (unpaired) electrons. The fourth-order valence-corrected chi connectivity index (χ4v) is 3.04. The van der Waals surface area contributed by atoms with Crippen LogP contribution >= 0.6 is 23.2 Å². The van der Waals surface area contributed by atoms with E-state index in [1.807, 2.05) is 0 Å². The van der Waals surface area contributed by atoms with Crippen molar-refractivity contribution in [1.82, 2.24) is 5.32 Å². The molecule has 0 unspecified atom stereocenters. The van der Waals surface area contributed by atoms with Crippen LogP contribution < -0.4 is 5.32 Å². The number of aliphatic hydroxyl groups excluding tert-OH is 1. The van der Waals surface area contributed by atoms with Crippen molar-refractivity contribution < 1.29 is 9.90 Å². The molecule has 1 saturated carbocycles. The molecule has 1 amide bonds. The highest BCUT2D eigenvalue weighted by atomic mass is 35.5. The van der Waals surface area contributed by atoms with Crippen LogP contribution in [0.25, 0.3) is 6.08 Å². The zero-order chi connectivity index (χ0) is 15.3. The van der Waals surface area contributed by atoms with Crippen LogP contribution in [-0.4, -0.2) is 23.2 Å². The quantitative estimate of drug-likeness (QED) is 0.826. The Labute approximate surface area is 134 Å². The summed E-state index contributed by atoms with van der Waals surface area (Å²) in [5.74, 6) is -0.220. The van der Waals surface area contributed by atoms with E-state index in [0.29, 0.717) is 15.6 Å². The van der Waals surface area contributed by atoms with E-state index >= 15 is 0 Å². The lowest BCUT2D eigenvalue weighted by Crippen LogP contribution is -2.52. The van der Waals surface area contributed by atoms with Gasteiger partial charge in [-0.25, -0.2) is 0 Å². The molecule has 0 heterocycles. The Balaban J connectivity index is 2.03. The molecule has 1 fully saturated rings. The summed E-state index contributed by atoms with van der Waals surface area (Å²) in [6.45, 7) is -0.0233. The van der Waals surface area contributed by atoms with Gasteiger partial charge in [0.2, 0.25) is 5.91 Å². The number of amides is 1. The number of carbonyl (C=O) groups excluding carboxylic acids is 1. The second-order valence-electron chi connectivity index (χ2n) is 5.46. The van der Waals surface area contributed by atoms with Crippen molar-refractivity contribution in [2.24, 2.45) is 0 Å². The number of rotatable bonds is 4. The first-order valence-corrected chi connectivity index (χ1v) is 7.87. The third-order valence-corrected chi connectivity index (χ3v) is 4.73. The molecule has 1 aromatic carbocycles. The van der Waals surface area contributed by atoms with Crippen LogP contribution in [0.3, 0.4) is 0 Å². The summed E-state index contributed by atoms with van der Waals surface area (Å²) >= 11 is 12.0. The van der Waals surface area contributed by atoms with Crippen LogP contribution in [0.1, 0.15) is 37.7 Å². The highest BCUT2D eigenvalue weighted by molar-refractivity contribution is 6.42. The smallest absolute Gasteiger partial charge is 0.244 e. The van der Waals surface area contributed by atoms with Crippen molar-refractivity contribution in [1.29, 1.82) is 0 Å². The van der Waals surface area contributed by atoms with E-state index in [1.54, 1.807) is 24.3 Å². The van der Waals surface area contributed by atoms with Gasteiger partial charge >= 0.3 is 0 Å². The largest absolute Gasteiger partial charge is 0.394 e. The molecule has 114 valence electrons. The summed E-state index contributed by atoms with van der Waals surface area (Å²) in [5, 5.41) is 13.4. The summed E-state index contributed by atoms with van der Waals surface area (Å²) in [4.78, 5) is 12.1. The van der Waals surface area contributed by atoms with Crippen LogP contribution in [0, 0.1) is 0 Å². The highest BCUT2D eigenvalue weighted by Crippen LogP contribution is 2.28. The first kappa shape index (κ1) is 16.3. The van der Waals surface area contributed by atoms with E-state index in [1.165, 1.54) is 6.08 Å². The molecular formula is C16H19Cl2NO2. The Morgan fingerprint density at radius 2 is 2.00 bits per heavy atom. The molecular weight excluding hydrogens is 309 g/mol. The Morgan fingerprint density at radius 1 is 1.29 bits per heavy atom. The molecule has 21 heavy (non-hydrogen) atoms. The lowest BCUT2D eigenvalue weighted by atomic mass is 9.82. The third kappa shape index (κ3) is 4.22. The van der Waals surface area contributed by atoms with Crippen LogP contribution in [0.4, 0.5) is 0 Å². The Kier molecular flexibility index (Phi) is 5.68. The summed E-state index contributed by atoms with van der Waals surface area (Å²) < 4.78 is 0. The van der Waals surface area contributed by atoms with Gasteiger partial charge in [0.25, 0.3) is 0 Å².